The first-order valence-electron chi connectivity index (χ1n) is 7.08. The van der Waals surface area contributed by atoms with Crippen LogP contribution < -0.4 is 10.6 Å². The molecule has 0 aliphatic carbocycles. The quantitative estimate of drug-likeness (QED) is 0.862. The lowest BCUT2D eigenvalue weighted by atomic mass is 10.00. The standard InChI is InChI=1S/C14H25N5/c1-14(2,15)5-3-8-18-9-11-19(12-10-18)13-16-6-4-7-17-13/h4,6-7H,3,5,8-12,15H2,1-2H3. The fourth-order valence-electron chi connectivity index (χ4n) is 2.38. The first kappa shape index (κ1) is 14.2. The molecule has 0 atom stereocenters. The molecule has 1 aromatic heterocycles. The predicted molar refractivity (Wildman–Crippen MR) is 78.2 cm³/mol. The van der Waals surface area contributed by atoms with Crippen molar-refractivity contribution in [2.24, 2.45) is 5.73 Å². The minimum absolute atomic E-state index is 0.0420. The van der Waals surface area contributed by atoms with Gasteiger partial charge in [0.1, 0.15) is 0 Å². The number of anilines is 1. The summed E-state index contributed by atoms with van der Waals surface area (Å²) in [6, 6.07) is 1.86. The van der Waals surface area contributed by atoms with Crippen molar-refractivity contribution >= 4 is 5.95 Å². The summed E-state index contributed by atoms with van der Waals surface area (Å²) < 4.78 is 0. The topological polar surface area (TPSA) is 58.3 Å². The molecule has 0 amide bonds. The summed E-state index contributed by atoms with van der Waals surface area (Å²) >= 11 is 0. The SMILES string of the molecule is CC(C)(N)CCCN1CCN(c2ncccn2)CC1. The van der Waals surface area contributed by atoms with Gasteiger partial charge >= 0.3 is 0 Å². The Morgan fingerprint density at radius 3 is 2.37 bits per heavy atom. The molecule has 2 rings (SSSR count). The number of nitrogens with zero attached hydrogens (tertiary/aromatic N) is 4. The van der Waals surface area contributed by atoms with Crippen molar-refractivity contribution in [2.75, 3.05) is 37.6 Å². The van der Waals surface area contributed by atoms with Crippen LogP contribution in [0, 0.1) is 0 Å². The van der Waals surface area contributed by atoms with Gasteiger partial charge in [0.15, 0.2) is 0 Å². The van der Waals surface area contributed by atoms with Gasteiger partial charge in [0, 0.05) is 44.1 Å². The fourth-order valence-corrected chi connectivity index (χ4v) is 2.38. The minimum Gasteiger partial charge on any atom is -0.338 e. The highest BCUT2D eigenvalue weighted by atomic mass is 15.3. The van der Waals surface area contributed by atoms with E-state index in [0.717, 1.165) is 45.1 Å². The van der Waals surface area contributed by atoms with Crippen LogP contribution in [-0.2, 0) is 0 Å². The van der Waals surface area contributed by atoms with Crippen molar-refractivity contribution < 1.29 is 0 Å². The summed E-state index contributed by atoms with van der Waals surface area (Å²) in [5.74, 6) is 0.852. The number of rotatable bonds is 5. The van der Waals surface area contributed by atoms with Gasteiger partial charge in [-0.2, -0.15) is 0 Å². The van der Waals surface area contributed by atoms with Crippen LogP contribution in [-0.4, -0.2) is 53.1 Å². The van der Waals surface area contributed by atoms with Gasteiger partial charge in [-0.3, -0.25) is 4.90 Å². The summed E-state index contributed by atoms with van der Waals surface area (Å²) in [5, 5.41) is 0. The first-order chi connectivity index (χ1) is 9.04. The number of piperazine rings is 1. The number of hydrogen-bond acceptors (Lipinski definition) is 5. The molecular formula is C14H25N5. The summed E-state index contributed by atoms with van der Waals surface area (Å²) in [7, 11) is 0. The van der Waals surface area contributed by atoms with E-state index in [1.807, 2.05) is 6.07 Å². The van der Waals surface area contributed by atoms with E-state index in [-0.39, 0.29) is 5.54 Å². The van der Waals surface area contributed by atoms with E-state index in [2.05, 4.69) is 33.6 Å². The first-order valence-corrected chi connectivity index (χ1v) is 7.08. The van der Waals surface area contributed by atoms with E-state index in [0.29, 0.717) is 0 Å². The Hall–Kier alpha value is -1.20. The van der Waals surface area contributed by atoms with Crippen LogP contribution in [0.3, 0.4) is 0 Å². The van der Waals surface area contributed by atoms with E-state index in [9.17, 15) is 0 Å². The summed E-state index contributed by atoms with van der Waals surface area (Å²) in [6.45, 7) is 9.53. The Morgan fingerprint density at radius 1 is 1.16 bits per heavy atom. The molecule has 0 bridgehead atoms. The molecule has 1 aliphatic rings. The zero-order valence-corrected chi connectivity index (χ0v) is 12.0. The predicted octanol–water partition coefficient (Wildman–Crippen LogP) is 1.12. The van der Waals surface area contributed by atoms with Crippen molar-refractivity contribution in [3.8, 4) is 0 Å². The zero-order valence-electron chi connectivity index (χ0n) is 12.0. The van der Waals surface area contributed by atoms with Crippen LogP contribution in [0.25, 0.3) is 0 Å². The average molecular weight is 263 g/mol. The van der Waals surface area contributed by atoms with Crippen LogP contribution in [0.15, 0.2) is 18.5 Å². The van der Waals surface area contributed by atoms with Gasteiger partial charge in [0.25, 0.3) is 0 Å². The van der Waals surface area contributed by atoms with Gasteiger partial charge < -0.3 is 10.6 Å². The molecule has 2 heterocycles. The smallest absolute Gasteiger partial charge is 0.225 e. The third-order valence-electron chi connectivity index (χ3n) is 3.50. The lowest BCUT2D eigenvalue weighted by Gasteiger charge is -2.35. The molecule has 1 saturated heterocycles. The number of nitrogens with two attached hydrogens (primary N) is 1. The van der Waals surface area contributed by atoms with Gasteiger partial charge in [-0.25, -0.2) is 9.97 Å². The maximum absolute atomic E-state index is 6.01. The second-order valence-corrected chi connectivity index (χ2v) is 5.97. The van der Waals surface area contributed by atoms with E-state index in [4.69, 9.17) is 5.73 Å². The molecule has 0 saturated carbocycles. The number of aromatic nitrogens is 2. The maximum atomic E-state index is 6.01. The molecule has 1 aromatic rings. The largest absolute Gasteiger partial charge is 0.338 e. The molecule has 0 spiro atoms. The second-order valence-electron chi connectivity index (χ2n) is 5.97. The minimum atomic E-state index is -0.0420. The van der Waals surface area contributed by atoms with Crippen molar-refractivity contribution in [2.45, 2.75) is 32.2 Å². The van der Waals surface area contributed by atoms with Crippen LogP contribution in [0.2, 0.25) is 0 Å². The van der Waals surface area contributed by atoms with Crippen molar-refractivity contribution in [3.05, 3.63) is 18.5 Å². The zero-order chi connectivity index (χ0) is 13.7. The normalized spacial score (nSPS) is 17.7. The molecule has 2 N–H and O–H groups in total. The van der Waals surface area contributed by atoms with E-state index in [1.165, 1.54) is 6.42 Å². The van der Waals surface area contributed by atoms with Crippen molar-refractivity contribution in [1.29, 1.82) is 0 Å². The lowest BCUT2D eigenvalue weighted by molar-refractivity contribution is 0.244. The van der Waals surface area contributed by atoms with Crippen LogP contribution in [0.5, 0.6) is 0 Å². The van der Waals surface area contributed by atoms with Crippen molar-refractivity contribution in [1.82, 2.24) is 14.9 Å². The fraction of sp³-hybridized carbons (Fsp3) is 0.714. The Bertz CT molecular complexity index is 365. The van der Waals surface area contributed by atoms with Gasteiger partial charge in [0.2, 0.25) is 5.95 Å². The highest BCUT2D eigenvalue weighted by Gasteiger charge is 2.19. The van der Waals surface area contributed by atoms with Crippen LogP contribution in [0.4, 0.5) is 5.95 Å². The Balaban J connectivity index is 1.71. The van der Waals surface area contributed by atoms with E-state index < -0.39 is 0 Å². The third-order valence-corrected chi connectivity index (χ3v) is 3.50. The van der Waals surface area contributed by atoms with Gasteiger partial charge in [-0.05, 0) is 39.3 Å². The Morgan fingerprint density at radius 2 is 1.79 bits per heavy atom. The molecule has 1 aliphatic heterocycles. The number of hydrogen-bond donors (Lipinski definition) is 1. The molecule has 1 fully saturated rings. The molecule has 0 radical (unpaired) electrons. The molecule has 0 unspecified atom stereocenters. The van der Waals surface area contributed by atoms with Gasteiger partial charge in [0.05, 0.1) is 0 Å². The van der Waals surface area contributed by atoms with Crippen LogP contribution in [0.1, 0.15) is 26.7 Å². The molecule has 5 heteroatoms. The summed E-state index contributed by atoms with van der Waals surface area (Å²) in [6.07, 6.45) is 5.86. The summed E-state index contributed by atoms with van der Waals surface area (Å²) in [5.41, 5.74) is 5.96. The van der Waals surface area contributed by atoms with Gasteiger partial charge in [-0.15, -0.1) is 0 Å². The molecule has 0 aromatic carbocycles. The Labute approximate surface area is 115 Å². The maximum Gasteiger partial charge on any atom is 0.225 e. The highest BCUT2D eigenvalue weighted by molar-refractivity contribution is 5.29. The third kappa shape index (κ3) is 4.76. The summed E-state index contributed by atoms with van der Waals surface area (Å²) in [4.78, 5) is 13.4. The second kappa shape index (κ2) is 6.30. The monoisotopic (exact) mass is 263 g/mol. The lowest BCUT2D eigenvalue weighted by Crippen LogP contribution is -2.47. The van der Waals surface area contributed by atoms with Gasteiger partial charge in [-0.1, -0.05) is 0 Å². The Kier molecular flexibility index (Phi) is 4.71. The van der Waals surface area contributed by atoms with Crippen molar-refractivity contribution in [3.63, 3.8) is 0 Å². The van der Waals surface area contributed by atoms with E-state index in [1.54, 1.807) is 12.4 Å². The molecular weight excluding hydrogens is 238 g/mol. The van der Waals surface area contributed by atoms with E-state index >= 15 is 0 Å². The average Bonchev–Trinajstić information content (AvgIpc) is 2.39. The molecule has 106 valence electrons. The molecule has 19 heavy (non-hydrogen) atoms. The molecule has 5 nitrogen and oxygen atoms in total. The van der Waals surface area contributed by atoms with Crippen LogP contribution >= 0.6 is 0 Å². The highest BCUT2D eigenvalue weighted by Crippen LogP contribution is 2.12.